The van der Waals surface area contributed by atoms with Crippen LogP contribution in [0.2, 0.25) is 0 Å². The number of carbonyl (C=O) groups is 1. The molecule has 0 aromatic heterocycles. The summed E-state index contributed by atoms with van der Waals surface area (Å²) in [6, 6.07) is 0. The molecule has 2 unspecified atom stereocenters. The number of rotatable bonds is 4. The molecular weight excluding hydrogens is 256 g/mol. The van der Waals surface area contributed by atoms with Crippen LogP contribution in [0.3, 0.4) is 0 Å². The topological polar surface area (TPSA) is 66.8 Å². The van der Waals surface area contributed by atoms with Crippen molar-refractivity contribution in [1.29, 1.82) is 0 Å². The molecule has 4 aliphatic rings. The summed E-state index contributed by atoms with van der Waals surface area (Å²) in [6.07, 6.45) is 6.25. The number of aliphatic hydroxyl groups excluding tert-OH is 2. The monoisotopic (exact) mass is 280 g/mol. The molecule has 112 valence electrons. The van der Waals surface area contributed by atoms with Crippen LogP contribution in [-0.4, -0.2) is 35.0 Å². The molecule has 4 nitrogen and oxygen atoms in total. The highest BCUT2D eigenvalue weighted by molar-refractivity contribution is 5.81. The quantitative estimate of drug-likeness (QED) is 0.609. The first kappa shape index (κ1) is 14.1. The third kappa shape index (κ3) is 1.92. The molecule has 2 N–H and O–H groups in total. The van der Waals surface area contributed by atoms with Gasteiger partial charge in [-0.05, 0) is 54.8 Å². The average Bonchev–Trinajstić information content (AvgIpc) is 2.35. The maximum absolute atomic E-state index is 11.7. The van der Waals surface area contributed by atoms with Gasteiger partial charge < -0.3 is 14.9 Å². The number of hydrogen-bond acceptors (Lipinski definition) is 4. The molecular formula is C16H24O4. The van der Waals surface area contributed by atoms with Gasteiger partial charge in [0.25, 0.3) is 0 Å². The summed E-state index contributed by atoms with van der Waals surface area (Å²) in [5.74, 6) is -0.392. The molecule has 0 radical (unpaired) electrons. The number of ether oxygens (including phenoxy) is 1. The smallest absolute Gasteiger partial charge is 0.330 e. The van der Waals surface area contributed by atoms with Crippen molar-refractivity contribution in [1.82, 2.24) is 0 Å². The van der Waals surface area contributed by atoms with Crippen molar-refractivity contribution in [3.63, 3.8) is 0 Å². The molecule has 0 spiro atoms. The van der Waals surface area contributed by atoms with Gasteiger partial charge in [0.2, 0.25) is 0 Å². The third-order valence-electron chi connectivity index (χ3n) is 5.65. The Morgan fingerprint density at radius 3 is 2.10 bits per heavy atom. The van der Waals surface area contributed by atoms with Crippen molar-refractivity contribution in [2.45, 2.75) is 51.0 Å². The fraction of sp³-hybridized carbons (Fsp3) is 0.812. The Kier molecular flexibility index (Phi) is 2.87. The van der Waals surface area contributed by atoms with E-state index < -0.39 is 11.6 Å². The Morgan fingerprint density at radius 2 is 1.65 bits per heavy atom. The summed E-state index contributed by atoms with van der Waals surface area (Å²) in [5.41, 5.74) is -0.886. The van der Waals surface area contributed by atoms with Gasteiger partial charge in [-0.1, -0.05) is 13.5 Å². The van der Waals surface area contributed by atoms with E-state index >= 15 is 0 Å². The molecule has 2 atom stereocenters. The first-order valence-electron chi connectivity index (χ1n) is 7.39. The summed E-state index contributed by atoms with van der Waals surface area (Å²) in [4.78, 5) is 11.7. The molecule has 4 heteroatoms. The lowest BCUT2D eigenvalue weighted by Crippen LogP contribution is -2.66. The van der Waals surface area contributed by atoms with Gasteiger partial charge in [-0.15, -0.1) is 0 Å². The minimum atomic E-state index is -0.528. The van der Waals surface area contributed by atoms with Crippen LogP contribution in [0.1, 0.15) is 45.4 Å². The maximum atomic E-state index is 11.7. The summed E-state index contributed by atoms with van der Waals surface area (Å²) in [7, 11) is 0. The van der Waals surface area contributed by atoms with Crippen molar-refractivity contribution >= 4 is 5.97 Å². The Labute approximate surface area is 119 Å². The summed E-state index contributed by atoms with van der Waals surface area (Å²) < 4.78 is 5.74. The van der Waals surface area contributed by atoms with Crippen molar-refractivity contribution in [2.75, 3.05) is 13.2 Å². The fourth-order valence-corrected chi connectivity index (χ4v) is 6.20. The van der Waals surface area contributed by atoms with E-state index in [0.717, 1.165) is 25.7 Å². The fourth-order valence-electron chi connectivity index (χ4n) is 6.20. The van der Waals surface area contributed by atoms with Crippen LogP contribution in [0.15, 0.2) is 12.7 Å². The van der Waals surface area contributed by atoms with Crippen LogP contribution >= 0.6 is 0 Å². The number of esters is 1. The predicted molar refractivity (Wildman–Crippen MR) is 73.9 cm³/mol. The van der Waals surface area contributed by atoms with Crippen LogP contribution in [-0.2, 0) is 9.53 Å². The number of hydrogen-bond donors (Lipinski definition) is 2. The minimum absolute atomic E-state index is 0.0433. The van der Waals surface area contributed by atoms with E-state index in [1.54, 1.807) is 0 Å². The van der Waals surface area contributed by atoms with E-state index in [9.17, 15) is 15.0 Å². The van der Waals surface area contributed by atoms with Crippen molar-refractivity contribution in [2.24, 2.45) is 16.2 Å². The van der Waals surface area contributed by atoms with E-state index in [1.807, 2.05) is 0 Å². The summed E-state index contributed by atoms with van der Waals surface area (Å²) in [5, 5.41) is 19.8. The standard InChI is InChI=1S/C16H24O4/c1-3-12(19)20-16-6-13(2)4-14(8-16,10-17)7-15(5-13,9-16)11-18/h3,17-18H,1,4-11H2,2H3. The van der Waals surface area contributed by atoms with Gasteiger partial charge in [0.15, 0.2) is 0 Å². The third-order valence-corrected chi connectivity index (χ3v) is 5.65. The van der Waals surface area contributed by atoms with Crippen LogP contribution in [0.5, 0.6) is 0 Å². The molecule has 0 saturated heterocycles. The van der Waals surface area contributed by atoms with Crippen LogP contribution < -0.4 is 0 Å². The lowest BCUT2D eigenvalue weighted by Gasteiger charge is -2.68. The predicted octanol–water partition coefficient (Wildman–Crippen LogP) is 1.80. The first-order valence-corrected chi connectivity index (χ1v) is 7.39. The SMILES string of the molecule is C=CC(=O)OC12CC3(C)CC(CO)(CC(CO)(C3)C1)C2. The normalized spacial score (nSPS) is 49.1. The Morgan fingerprint density at radius 1 is 1.10 bits per heavy atom. The second kappa shape index (κ2) is 4.08. The van der Waals surface area contributed by atoms with Gasteiger partial charge in [0.05, 0.1) is 0 Å². The van der Waals surface area contributed by atoms with E-state index in [2.05, 4.69) is 13.5 Å². The Balaban J connectivity index is 2.01. The molecule has 0 aromatic rings. The largest absolute Gasteiger partial charge is 0.456 e. The minimum Gasteiger partial charge on any atom is -0.456 e. The van der Waals surface area contributed by atoms with Gasteiger partial charge in [-0.3, -0.25) is 0 Å². The van der Waals surface area contributed by atoms with Gasteiger partial charge in [-0.2, -0.15) is 0 Å². The Bertz CT molecular complexity index is 435. The molecule has 4 aliphatic carbocycles. The molecule has 4 rings (SSSR count). The van der Waals surface area contributed by atoms with Crippen molar-refractivity contribution in [3.05, 3.63) is 12.7 Å². The second-order valence-electron chi connectivity index (χ2n) is 8.00. The molecule has 4 bridgehead atoms. The van der Waals surface area contributed by atoms with E-state index in [0.29, 0.717) is 12.8 Å². The van der Waals surface area contributed by atoms with Gasteiger partial charge >= 0.3 is 5.97 Å². The lowest BCUT2D eigenvalue weighted by atomic mass is 9.39. The maximum Gasteiger partial charge on any atom is 0.330 e. The molecule has 4 saturated carbocycles. The number of aliphatic hydroxyl groups is 2. The zero-order chi connectivity index (χ0) is 14.6. The highest BCUT2D eigenvalue weighted by Crippen LogP contribution is 2.71. The second-order valence-corrected chi connectivity index (χ2v) is 8.00. The number of carbonyl (C=O) groups excluding carboxylic acids is 1. The van der Waals surface area contributed by atoms with Gasteiger partial charge in [0.1, 0.15) is 5.60 Å². The zero-order valence-corrected chi connectivity index (χ0v) is 12.2. The zero-order valence-electron chi connectivity index (χ0n) is 12.2. The Hall–Kier alpha value is -0.870. The van der Waals surface area contributed by atoms with E-state index in [1.165, 1.54) is 6.08 Å². The van der Waals surface area contributed by atoms with E-state index in [4.69, 9.17) is 4.74 Å². The van der Waals surface area contributed by atoms with Gasteiger partial charge in [0, 0.05) is 19.3 Å². The van der Waals surface area contributed by atoms with Gasteiger partial charge in [-0.25, -0.2) is 4.79 Å². The molecule has 0 aliphatic heterocycles. The molecule has 20 heavy (non-hydrogen) atoms. The lowest BCUT2D eigenvalue weighted by molar-refractivity contribution is -0.254. The molecule has 0 aromatic carbocycles. The average molecular weight is 280 g/mol. The van der Waals surface area contributed by atoms with Crippen LogP contribution in [0, 0.1) is 16.2 Å². The molecule has 0 heterocycles. The molecule has 4 fully saturated rings. The van der Waals surface area contributed by atoms with Crippen molar-refractivity contribution in [3.8, 4) is 0 Å². The summed E-state index contributed by atoms with van der Waals surface area (Å²) in [6.45, 7) is 5.90. The van der Waals surface area contributed by atoms with Crippen molar-refractivity contribution < 1.29 is 19.7 Å². The highest BCUT2D eigenvalue weighted by atomic mass is 16.6. The summed E-state index contributed by atoms with van der Waals surface area (Å²) >= 11 is 0. The van der Waals surface area contributed by atoms with Crippen LogP contribution in [0.4, 0.5) is 0 Å². The molecule has 0 amide bonds. The van der Waals surface area contributed by atoms with Crippen LogP contribution in [0.25, 0.3) is 0 Å². The first-order chi connectivity index (χ1) is 9.32. The van der Waals surface area contributed by atoms with E-state index in [-0.39, 0.29) is 29.5 Å². The highest BCUT2D eigenvalue weighted by Gasteiger charge is 2.68.